The van der Waals surface area contributed by atoms with Gasteiger partial charge in [0.2, 0.25) is 0 Å². The molecule has 0 fully saturated rings. The van der Waals surface area contributed by atoms with Gasteiger partial charge >= 0.3 is 0 Å². The van der Waals surface area contributed by atoms with Crippen LogP contribution in [0.25, 0.3) is 0 Å². The Labute approximate surface area is 102 Å². The van der Waals surface area contributed by atoms with E-state index >= 15 is 0 Å². The second-order valence-corrected chi connectivity index (χ2v) is 5.80. The Kier molecular flexibility index (Phi) is 3.79. The maximum absolute atomic E-state index is 11.8. The quantitative estimate of drug-likeness (QED) is 0.817. The summed E-state index contributed by atoms with van der Waals surface area (Å²) in [4.78, 5) is 11.8. The smallest absolute Gasteiger partial charge is 0.139 e. The zero-order valence-corrected chi connectivity index (χ0v) is 11.4. The van der Waals surface area contributed by atoms with Crippen LogP contribution in [-0.2, 0) is 18.3 Å². The molecule has 0 unspecified atom stereocenters. The highest BCUT2D eigenvalue weighted by atomic mass is 35.5. The van der Waals surface area contributed by atoms with E-state index in [1.54, 1.807) is 4.68 Å². The molecule has 1 aromatic rings. The molecule has 4 heteroatoms. The predicted octanol–water partition coefficient (Wildman–Crippen LogP) is 2.93. The largest absolute Gasteiger partial charge is 0.299 e. The van der Waals surface area contributed by atoms with Crippen LogP contribution >= 0.6 is 11.6 Å². The SMILES string of the molecule is Cc1nn(C)c(CC(=O)CC(C)(C)C)c1Cl. The van der Waals surface area contributed by atoms with Crippen LogP contribution in [-0.4, -0.2) is 15.6 Å². The molecule has 1 aromatic heterocycles. The molecule has 0 aliphatic rings. The number of ketones is 1. The zero-order chi connectivity index (χ0) is 12.5. The fourth-order valence-electron chi connectivity index (χ4n) is 1.71. The van der Waals surface area contributed by atoms with Gasteiger partial charge in [-0.25, -0.2) is 0 Å². The summed E-state index contributed by atoms with van der Waals surface area (Å²) >= 11 is 6.09. The van der Waals surface area contributed by atoms with Crippen LogP contribution in [0.3, 0.4) is 0 Å². The van der Waals surface area contributed by atoms with E-state index in [0.717, 1.165) is 11.4 Å². The van der Waals surface area contributed by atoms with Crippen molar-refractivity contribution >= 4 is 17.4 Å². The highest BCUT2D eigenvalue weighted by molar-refractivity contribution is 6.32. The van der Waals surface area contributed by atoms with Gasteiger partial charge < -0.3 is 0 Å². The third-order valence-electron chi connectivity index (χ3n) is 2.35. The molecule has 90 valence electrons. The van der Waals surface area contributed by atoms with Crippen molar-refractivity contribution in [3.8, 4) is 0 Å². The van der Waals surface area contributed by atoms with Crippen molar-refractivity contribution in [3.63, 3.8) is 0 Å². The van der Waals surface area contributed by atoms with E-state index in [1.807, 2.05) is 14.0 Å². The Morgan fingerprint density at radius 2 is 2.00 bits per heavy atom. The number of nitrogens with zero attached hydrogens (tertiary/aromatic N) is 2. The number of halogens is 1. The van der Waals surface area contributed by atoms with Gasteiger partial charge in [-0.15, -0.1) is 0 Å². The van der Waals surface area contributed by atoms with E-state index in [1.165, 1.54) is 0 Å². The second kappa shape index (κ2) is 4.58. The lowest BCUT2D eigenvalue weighted by Gasteiger charge is -2.16. The monoisotopic (exact) mass is 242 g/mol. The highest BCUT2D eigenvalue weighted by Crippen LogP contribution is 2.23. The van der Waals surface area contributed by atoms with E-state index < -0.39 is 0 Å². The second-order valence-electron chi connectivity index (χ2n) is 5.42. The van der Waals surface area contributed by atoms with Crippen LogP contribution in [0, 0.1) is 12.3 Å². The summed E-state index contributed by atoms with van der Waals surface area (Å²) in [5.41, 5.74) is 1.62. The molecule has 3 nitrogen and oxygen atoms in total. The number of hydrogen-bond acceptors (Lipinski definition) is 2. The van der Waals surface area contributed by atoms with Gasteiger partial charge in [-0.1, -0.05) is 32.4 Å². The van der Waals surface area contributed by atoms with Crippen molar-refractivity contribution in [2.75, 3.05) is 0 Å². The lowest BCUT2D eigenvalue weighted by molar-refractivity contribution is -0.120. The summed E-state index contributed by atoms with van der Waals surface area (Å²) < 4.78 is 1.69. The number of rotatable bonds is 3. The Morgan fingerprint density at radius 1 is 1.44 bits per heavy atom. The predicted molar refractivity (Wildman–Crippen MR) is 65.7 cm³/mol. The zero-order valence-electron chi connectivity index (χ0n) is 10.6. The van der Waals surface area contributed by atoms with Gasteiger partial charge in [0, 0.05) is 19.9 Å². The lowest BCUT2D eigenvalue weighted by atomic mass is 9.89. The number of aromatic nitrogens is 2. The number of Topliss-reactive ketones (excluding diaryl/α,β-unsaturated/α-hetero) is 1. The molecule has 0 aliphatic carbocycles. The van der Waals surface area contributed by atoms with E-state index in [2.05, 4.69) is 25.9 Å². The standard InChI is InChI=1S/C12H19ClN2O/c1-8-11(13)10(15(5)14-8)6-9(16)7-12(2,3)4/h6-7H2,1-5H3. The molecular formula is C12H19ClN2O. The Bertz CT molecular complexity index is 402. The summed E-state index contributed by atoms with van der Waals surface area (Å²) in [5, 5.41) is 4.81. The Hall–Kier alpha value is -0.830. The molecule has 0 aromatic carbocycles. The fraction of sp³-hybridized carbons (Fsp3) is 0.667. The molecule has 0 atom stereocenters. The molecule has 0 radical (unpaired) electrons. The average Bonchev–Trinajstić information content (AvgIpc) is 2.29. The molecule has 1 heterocycles. The van der Waals surface area contributed by atoms with Crippen molar-refractivity contribution < 1.29 is 4.79 Å². The van der Waals surface area contributed by atoms with Crippen molar-refractivity contribution in [1.29, 1.82) is 0 Å². The van der Waals surface area contributed by atoms with Crippen LogP contribution < -0.4 is 0 Å². The molecule has 16 heavy (non-hydrogen) atoms. The maximum atomic E-state index is 11.8. The summed E-state index contributed by atoms with van der Waals surface area (Å²) in [7, 11) is 1.82. The van der Waals surface area contributed by atoms with Crippen molar-refractivity contribution in [3.05, 3.63) is 16.4 Å². The number of carbonyl (C=O) groups is 1. The van der Waals surface area contributed by atoms with E-state index in [-0.39, 0.29) is 11.2 Å². The molecule has 0 bridgehead atoms. The first kappa shape index (κ1) is 13.2. The molecule has 0 N–H and O–H groups in total. The summed E-state index contributed by atoms with van der Waals surface area (Å²) in [5.74, 6) is 0.206. The number of carbonyl (C=O) groups excluding carboxylic acids is 1. The minimum atomic E-state index is 0.0250. The first-order chi connectivity index (χ1) is 7.20. The van der Waals surface area contributed by atoms with Gasteiger partial charge in [0.15, 0.2) is 0 Å². The molecule has 1 rings (SSSR count). The molecular weight excluding hydrogens is 224 g/mol. The van der Waals surface area contributed by atoms with Gasteiger partial charge in [-0.05, 0) is 12.3 Å². The third-order valence-corrected chi connectivity index (χ3v) is 2.85. The summed E-state index contributed by atoms with van der Waals surface area (Å²) in [6.45, 7) is 8.02. The van der Waals surface area contributed by atoms with Gasteiger partial charge in [0.05, 0.1) is 16.4 Å². The Morgan fingerprint density at radius 3 is 2.38 bits per heavy atom. The lowest BCUT2D eigenvalue weighted by Crippen LogP contribution is -2.16. The van der Waals surface area contributed by atoms with Crippen LogP contribution in [0.1, 0.15) is 38.6 Å². The summed E-state index contributed by atoms with van der Waals surface area (Å²) in [6, 6.07) is 0. The maximum Gasteiger partial charge on any atom is 0.139 e. The topological polar surface area (TPSA) is 34.9 Å². The summed E-state index contributed by atoms with van der Waals surface area (Å²) in [6.07, 6.45) is 0.932. The normalized spacial score (nSPS) is 11.9. The number of aryl methyl sites for hydroxylation is 2. The van der Waals surface area contributed by atoms with Gasteiger partial charge in [0.25, 0.3) is 0 Å². The van der Waals surface area contributed by atoms with Crippen molar-refractivity contribution in [2.24, 2.45) is 12.5 Å². The van der Waals surface area contributed by atoms with Crippen LogP contribution in [0.4, 0.5) is 0 Å². The van der Waals surface area contributed by atoms with E-state index in [9.17, 15) is 4.79 Å². The minimum Gasteiger partial charge on any atom is -0.299 e. The van der Waals surface area contributed by atoms with Gasteiger partial charge in [0.1, 0.15) is 5.78 Å². The molecule has 0 amide bonds. The van der Waals surface area contributed by atoms with Crippen molar-refractivity contribution in [2.45, 2.75) is 40.5 Å². The highest BCUT2D eigenvalue weighted by Gasteiger charge is 2.19. The molecule has 0 spiro atoms. The van der Waals surface area contributed by atoms with Gasteiger partial charge in [-0.3, -0.25) is 9.48 Å². The van der Waals surface area contributed by atoms with Crippen molar-refractivity contribution in [1.82, 2.24) is 9.78 Å². The first-order valence-corrected chi connectivity index (χ1v) is 5.78. The fourth-order valence-corrected chi connectivity index (χ4v) is 1.94. The number of hydrogen-bond donors (Lipinski definition) is 0. The molecule has 0 aliphatic heterocycles. The van der Waals surface area contributed by atoms with Crippen LogP contribution in [0.5, 0.6) is 0 Å². The van der Waals surface area contributed by atoms with E-state index in [4.69, 9.17) is 11.6 Å². The van der Waals surface area contributed by atoms with Crippen LogP contribution in [0.15, 0.2) is 0 Å². The van der Waals surface area contributed by atoms with Crippen LogP contribution in [0.2, 0.25) is 5.02 Å². The van der Waals surface area contributed by atoms with Gasteiger partial charge in [-0.2, -0.15) is 5.10 Å². The Balaban J connectivity index is 2.78. The average molecular weight is 243 g/mol. The third kappa shape index (κ3) is 3.34. The first-order valence-electron chi connectivity index (χ1n) is 5.40. The van der Waals surface area contributed by atoms with E-state index in [0.29, 0.717) is 17.9 Å². The molecule has 0 saturated heterocycles. The molecule has 0 saturated carbocycles. The minimum absolute atomic E-state index is 0.0250.